The van der Waals surface area contributed by atoms with Crippen LogP contribution in [0.4, 0.5) is 18.9 Å². The van der Waals surface area contributed by atoms with Crippen molar-refractivity contribution in [1.29, 1.82) is 0 Å². The Hall–Kier alpha value is -3.72. The number of esters is 1. The second-order valence-electron chi connectivity index (χ2n) is 7.24. The minimum absolute atomic E-state index is 0.105. The third-order valence-corrected chi connectivity index (χ3v) is 5.22. The predicted octanol–water partition coefficient (Wildman–Crippen LogP) is 5.67. The number of nitrogens with one attached hydrogen (secondary N) is 1. The maximum absolute atomic E-state index is 13.1. The molecule has 4 rings (SSSR count). The molecule has 0 saturated heterocycles. The van der Waals surface area contributed by atoms with Gasteiger partial charge in [-0.3, -0.25) is 4.79 Å². The van der Waals surface area contributed by atoms with E-state index in [1.165, 1.54) is 12.1 Å². The van der Waals surface area contributed by atoms with Crippen LogP contribution in [0, 0.1) is 0 Å². The first-order valence-corrected chi connectivity index (χ1v) is 10.4. The van der Waals surface area contributed by atoms with Crippen LogP contribution in [0.1, 0.15) is 27.6 Å². The Kier molecular flexibility index (Phi) is 6.65. The van der Waals surface area contributed by atoms with E-state index in [1.807, 2.05) is 0 Å². The first kappa shape index (κ1) is 23.4. The van der Waals surface area contributed by atoms with Crippen molar-refractivity contribution in [2.24, 2.45) is 0 Å². The molecule has 1 atom stereocenters. The monoisotopic (exact) mass is 491 g/mol. The molecule has 0 radical (unpaired) electrons. The molecule has 0 fully saturated rings. The molecule has 10 heteroatoms. The maximum Gasteiger partial charge on any atom is 0.416 e. The Morgan fingerprint density at radius 2 is 1.65 bits per heavy atom. The van der Waals surface area contributed by atoms with E-state index in [9.17, 15) is 22.8 Å². The molecule has 1 aliphatic rings. The standard InChI is InChI=1S/C24H17ClF3NO5/c25-17-8-7-16(24(26,27)28)13-18(17)29-22(30)21(14-4-2-1-3-5-14)34-23(31)15-6-9-19-20(12-15)33-11-10-32-19/h1-9,12-13,21H,10-11H2,(H,29,30)/t21-/m0/s1. The average Bonchev–Trinajstić information content (AvgIpc) is 2.83. The van der Waals surface area contributed by atoms with Gasteiger partial charge in [0.2, 0.25) is 6.10 Å². The van der Waals surface area contributed by atoms with Crippen LogP contribution in [-0.2, 0) is 15.7 Å². The van der Waals surface area contributed by atoms with E-state index in [-0.39, 0.29) is 16.3 Å². The Morgan fingerprint density at radius 3 is 2.35 bits per heavy atom. The summed E-state index contributed by atoms with van der Waals surface area (Å²) in [7, 11) is 0. The van der Waals surface area contributed by atoms with Gasteiger partial charge in [-0.1, -0.05) is 41.9 Å². The van der Waals surface area contributed by atoms with Crippen molar-refractivity contribution in [1.82, 2.24) is 0 Å². The van der Waals surface area contributed by atoms with Gasteiger partial charge in [-0.15, -0.1) is 0 Å². The van der Waals surface area contributed by atoms with Gasteiger partial charge in [0.25, 0.3) is 5.91 Å². The molecule has 0 unspecified atom stereocenters. The van der Waals surface area contributed by atoms with Gasteiger partial charge in [0.1, 0.15) is 13.2 Å². The molecule has 0 bridgehead atoms. The van der Waals surface area contributed by atoms with Crippen molar-refractivity contribution < 1.29 is 37.0 Å². The summed E-state index contributed by atoms with van der Waals surface area (Å²) in [6, 6.07) is 15.0. The number of rotatable bonds is 5. The molecule has 1 amide bonds. The van der Waals surface area contributed by atoms with Crippen molar-refractivity contribution in [3.8, 4) is 11.5 Å². The molecule has 0 spiro atoms. The van der Waals surface area contributed by atoms with E-state index in [2.05, 4.69) is 5.32 Å². The third-order valence-electron chi connectivity index (χ3n) is 4.89. The number of benzene rings is 3. The van der Waals surface area contributed by atoms with E-state index in [1.54, 1.807) is 36.4 Å². The van der Waals surface area contributed by atoms with Gasteiger partial charge in [0, 0.05) is 5.56 Å². The Labute approximate surface area is 197 Å². The van der Waals surface area contributed by atoms with Crippen molar-refractivity contribution >= 4 is 29.2 Å². The van der Waals surface area contributed by atoms with Crippen LogP contribution >= 0.6 is 11.6 Å². The fraction of sp³-hybridized carbons (Fsp3) is 0.167. The van der Waals surface area contributed by atoms with E-state index in [0.29, 0.717) is 36.3 Å². The van der Waals surface area contributed by atoms with E-state index in [4.69, 9.17) is 25.8 Å². The van der Waals surface area contributed by atoms with Gasteiger partial charge >= 0.3 is 12.1 Å². The lowest BCUT2D eigenvalue weighted by atomic mass is 10.1. The molecular formula is C24H17ClF3NO5. The molecule has 3 aromatic rings. The highest BCUT2D eigenvalue weighted by Crippen LogP contribution is 2.35. The second kappa shape index (κ2) is 9.64. The Bertz CT molecular complexity index is 1220. The van der Waals surface area contributed by atoms with Crippen LogP contribution in [0.25, 0.3) is 0 Å². The summed E-state index contributed by atoms with van der Waals surface area (Å²) in [5.74, 6) is -0.883. The Morgan fingerprint density at radius 1 is 0.941 bits per heavy atom. The van der Waals surface area contributed by atoms with Crippen LogP contribution in [-0.4, -0.2) is 25.1 Å². The number of anilines is 1. The first-order valence-electron chi connectivity index (χ1n) is 10.1. The first-order chi connectivity index (χ1) is 16.2. The van der Waals surface area contributed by atoms with Crippen molar-refractivity contribution in [2.45, 2.75) is 12.3 Å². The van der Waals surface area contributed by atoms with Crippen LogP contribution in [0.15, 0.2) is 66.7 Å². The molecule has 0 aromatic heterocycles. The fourth-order valence-corrected chi connectivity index (χ4v) is 3.41. The highest BCUT2D eigenvalue weighted by atomic mass is 35.5. The van der Waals surface area contributed by atoms with Gasteiger partial charge in [0.15, 0.2) is 11.5 Å². The highest BCUT2D eigenvalue weighted by molar-refractivity contribution is 6.33. The maximum atomic E-state index is 13.1. The lowest BCUT2D eigenvalue weighted by Gasteiger charge is -2.21. The zero-order valence-electron chi connectivity index (χ0n) is 17.4. The molecule has 34 heavy (non-hydrogen) atoms. The lowest BCUT2D eigenvalue weighted by Crippen LogP contribution is -2.26. The smallest absolute Gasteiger partial charge is 0.416 e. The summed E-state index contributed by atoms with van der Waals surface area (Å²) < 4.78 is 55.6. The summed E-state index contributed by atoms with van der Waals surface area (Å²) in [5.41, 5.74) is -0.835. The predicted molar refractivity (Wildman–Crippen MR) is 117 cm³/mol. The number of fused-ring (bicyclic) bond motifs is 1. The summed E-state index contributed by atoms with van der Waals surface area (Å²) in [6.07, 6.45) is -6.10. The molecule has 1 N–H and O–H groups in total. The number of hydrogen-bond acceptors (Lipinski definition) is 5. The molecule has 0 aliphatic carbocycles. The number of ether oxygens (including phenoxy) is 3. The van der Waals surface area contributed by atoms with Gasteiger partial charge in [-0.05, 0) is 36.4 Å². The van der Waals surface area contributed by atoms with Crippen LogP contribution in [0.3, 0.4) is 0 Å². The molecule has 0 saturated carbocycles. The van der Waals surface area contributed by atoms with Crippen molar-refractivity contribution in [2.75, 3.05) is 18.5 Å². The molecule has 3 aromatic carbocycles. The van der Waals surface area contributed by atoms with Gasteiger partial charge in [-0.25, -0.2) is 4.79 Å². The van der Waals surface area contributed by atoms with Crippen molar-refractivity contribution in [3.63, 3.8) is 0 Å². The zero-order valence-corrected chi connectivity index (χ0v) is 18.2. The van der Waals surface area contributed by atoms with Gasteiger partial charge in [0.05, 0.1) is 21.8 Å². The van der Waals surface area contributed by atoms with Crippen LogP contribution in [0.5, 0.6) is 11.5 Å². The second-order valence-corrected chi connectivity index (χ2v) is 7.64. The largest absolute Gasteiger partial charge is 0.486 e. The number of alkyl halides is 3. The molecule has 1 heterocycles. The summed E-state index contributed by atoms with van der Waals surface area (Å²) in [4.78, 5) is 25.9. The minimum atomic E-state index is -4.63. The van der Waals surface area contributed by atoms with Gasteiger partial charge < -0.3 is 19.5 Å². The normalized spacial score (nSPS) is 13.6. The fourth-order valence-electron chi connectivity index (χ4n) is 3.24. The van der Waals surface area contributed by atoms with Gasteiger partial charge in [-0.2, -0.15) is 13.2 Å². The van der Waals surface area contributed by atoms with E-state index < -0.39 is 29.7 Å². The Balaban J connectivity index is 1.60. The van der Waals surface area contributed by atoms with E-state index in [0.717, 1.165) is 12.1 Å². The highest BCUT2D eigenvalue weighted by Gasteiger charge is 2.32. The topological polar surface area (TPSA) is 73.9 Å². The number of hydrogen-bond donors (Lipinski definition) is 1. The number of carbonyl (C=O) groups is 2. The third kappa shape index (κ3) is 5.26. The number of carbonyl (C=O) groups excluding carboxylic acids is 2. The summed E-state index contributed by atoms with van der Waals surface area (Å²) in [6.45, 7) is 0.698. The molecule has 1 aliphatic heterocycles. The summed E-state index contributed by atoms with van der Waals surface area (Å²) in [5, 5.41) is 2.23. The molecular weight excluding hydrogens is 475 g/mol. The minimum Gasteiger partial charge on any atom is -0.486 e. The number of amides is 1. The lowest BCUT2D eigenvalue weighted by molar-refractivity contribution is -0.137. The van der Waals surface area contributed by atoms with Crippen LogP contribution < -0.4 is 14.8 Å². The van der Waals surface area contributed by atoms with Crippen molar-refractivity contribution in [3.05, 3.63) is 88.4 Å². The zero-order chi connectivity index (χ0) is 24.3. The molecule has 6 nitrogen and oxygen atoms in total. The van der Waals surface area contributed by atoms with E-state index >= 15 is 0 Å². The van der Waals surface area contributed by atoms with Crippen LogP contribution in [0.2, 0.25) is 5.02 Å². The quantitative estimate of drug-likeness (QED) is 0.466. The SMILES string of the molecule is O=C(O[C@H](C(=O)Nc1cc(C(F)(F)F)ccc1Cl)c1ccccc1)c1ccc2c(c1)OCCO2. The molecule has 176 valence electrons. The summed E-state index contributed by atoms with van der Waals surface area (Å²) >= 11 is 5.99. The average molecular weight is 492 g/mol. The number of halogens is 4.